The number of anilines is 1. The normalized spacial score (nSPS) is 26.6. The zero-order valence-corrected chi connectivity index (χ0v) is 22.9. The van der Waals surface area contributed by atoms with Crippen LogP contribution in [0.15, 0.2) is 42.6 Å². The van der Waals surface area contributed by atoms with Crippen molar-refractivity contribution in [2.45, 2.75) is 61.6 Å². The molecule has 218 valence electrons. The van der Waals surface area contributed by atoms with Gasteiger partial charge in [-0.2, -0.15) is 22.8 Å². The number of hydrogen-bond donors (Lipinski definition) is 0. The number of likely N-dealkylation sites (N-methyl/N-ethyl adjacent to an activating group) is 1. The SMILES string of the molecule is CN(C(=O)OC1CC(F)(F)C1(F)F)[C@@H]1CN(C(=O)C2CCCCN2c2ccc(C#N)cn2)C[C@H]1c1ccc(Cl)cc1. The molecule has 2 amide bonds. The molecular weight excluding hydrogens is 566 g/mol. The molecule has 2 unspecified atom stereocenters. The molecule has 0 radical (unpaired) electrons. The first-order chi connectivity index (χ1) is 19.4. The molecule has 2 aliphatic heterocycles. The van der Waals surface area contributed by atoms with Gasteiger partial charge < -0.3 is 19.4 Å². The molecule has 0 N–H and O–H groups in total. The summed E-state index contributed by atoms with van der Waals surface area (Å²) in [6.07, 6.45) is -0.919. The largest absolute Gasteiger partial charge is 0.439 e. The van der Waals surface area contributed by atoms with E-state index in [0.29, 0.717) is 29.4 Å². The Morgan fingerprint density at radius 3 is 2.46 bits per heavy atom. The molecule has 1 aromatic carbocycles. The average molecular weight is 594 g/mol. The van der Waals surface area contributed by atoms with Crippen LogP contribution in [0.4, 0.5) is 28.2 Å². The van der Waals surface area contributed by atoms with Crippen LogP contribution < -0.4 is 4.90 Å². The number of likely N-dealkylation sites (tertiary alicyclic amines) is 1. The number of pyridine rings is 1. The van der Waals surface area contributed by atoms with Crippen LogP contribution in [0.2, 0.25) is 5.02 Å². The van der Waals surface area contributed by atoms with E-state index in [1.54, 1.807) is 41.3 Å². The Balaban J connectivity index is 1.36. The molecule has 5 rings (SSSR count). The van der Waals surface area contributed by atoms with Gasteiger partial charge in [-0.3, -0.25) is 4.79 Å². The molecule has 3 aliphatic rings. The Labute approximate surface area is 239 Å². The van der Waals surface area contributed by atoms with Gasteiger partial charge in [-0.05, 0) is 49.1 Å². The molecule has 1 aromatic heterocycles. The van der Waals surface area contributed by atoms with Crippen molar-refractivity contribution >= 4 is 29.4 Å². The maximum Gasteiger partial charge on any atom is 0.410 e. The Morgan fingerprint density at radius 2 is 1.85 bits per heavy atom. The Hall–Kier alpha value is -3.59. The van der Waals surface area contributed by atoms with Gasteiger partial charge in [0.1, 0.15) is 17.9 Å². The van der Waals surface area contributed by atoms with Crippen molar-refractivity contribution in [1.29, 1.82) is 5.26 Å². The van der Waals surface area contributed by atoms with Crippen LogP contribution in [0, 0.1) is 11.3 Å². The summed E-state index contributed by atoms with van der Waals surface area (Å²) in [6.45, 7) is 0.908. The lowest BCUT2D eigenvalue weighted by Crippen LogP contribution is -2.64. The third-order valence-corrected chi connectivity index (χ3v) is 8.47. The first-order valence-corrected chi connectivity index (χ1v) is 13.7. The smallest absolute Gasteiger partial charge is 0.410 e. The third kappa shape index (κ3) is 5.39. The van der Waals surface area contributed by atoms with E-state index in [2.05, 4.69) is 4.98 Å². The predicted molar refractivity (Wildman–Crippen MR) is 141 cm³/mol. The number of nitriles is 1. The van der Waals surface area contributed by atoms with Crippen molar-refractivity contribution in [1.82, 2.24) is 14.8 Å². The summed E-state index contributed by atoms with van der Waals surface area (Å²) in [7, 11) is 1.35. The van der Waals surface area contributed by atoms with Crippen molar-refractivity contribution in [3.8, 4) is 6.07 Å². The number of amides is 2. The van der Waals surface area contributed by atoms with Gasteiger partial charge in [0, 0.05) is 43.8 Å². The maximum atomic E-state index is 13.9. The summed E-state index contributed by atoms with van der Waals surface area (Å²) in [6, 6.07) is 11.1. The number of benzene rings is 1. The number of aromatic nitrogens is 1. The van der Waals surface area contributed by atoms with E-state index in [-0.39, 0.29) is 19.0 Å². The number of piperidine rings is 1. The highest BCUT2D eigenvalue weighted by atomic mass is 35.5. The van der Waals surface area contributed by atoms with Crippen LogP contribution in [-0.2, 0) is 9.53 Å². The number of carbonyl (C=O) groups excluding carboxylic acids is 2. The van der Waals surface area contributed by atoms with E-state index in [9.17, 15) is 27.2 Å². The molecular formula is C28H28ClF4N5O3. The van der Waals surface area contributed by atoms with Gasteiger partial charge in [-0.1, -0.05) is 23.7 Å². The van der Waals surface area contributed by atoms with Crippen LogP contribution in [0.25, 0.3) is 0 Å². The molecule has 1 aliphatic carbocycles. The van der Waals surface area contributed by atoms with Crippen molar-refractivity contribution in [2.24, 2.45) is 0 Å². The molecule has 41 heavy (non-hydrogen) atoms. The topological polar surface area (TPSA) is 89.8 Å². The molecule has 3 fully saturated rings. The summed E-state index contributed by atoms with van der Waals surface area (Å²) in [4.78, 5) is 35.8. The number of rotatable bonds is 5. The molecule has 2 aromatic rings. The van der Waals surface area contributed by atoms with Gasteiger partial charge in [0.05, 0.1) is 18.0 Å². The Morgan fingerprint density at radius 1 is 1.12 bits per heavy atom. The van der Waals surface area contributed by atoms with E-state index in [1.807, 2.05) is 11.0 Å². The lowest BCUT2D eigenvalue weighted by molar-refractivity contribution is -0.330. The molecule has 1 saturated carbocycles. The molecule has 13 heteroatoms. The number of ether oxygens (including phenoxy) is 1. The van der Waals surface area contributed by atoms with Crippen molar-refractivity contribution in [2.75, 3.05) is 31.6 Å². The van der Waals surface area contributed by atoms with Crippen molar-refractivity contribution in [3.63, 3.8) is 0 Å². The zero-order chi connectivity index (χ0) is 29.5. The maximum absolute atomic E-state index is 13.9. The second kappa shape index (κ2) is 11.0. The summed E-state index contributed by atoms with van der Waals surface area (Å²) < 4.78 is 59.1. The molecule has 0 bridgehead atoms. The van der Waals surface area contributed by atoms with E-state index in [0.717, 1.165) is 23.3 Å². The second-order valence-electron chi connectivity index (χ2n) is 10.7. The van der Waals surface area contributed by atoms with Crippen LogP contribution in [0.5, 0.6) is 0 Å². The fourth-order valence-corrected chi connectivity index (χ4v) is 5.88. The Kier molecular flexibility index (Phi) is 7.76. The third-order valence-electron chi connectivity index (χ3n) is 8.22. The highest BCUT2D eigenvalue weighted by Gasteiger charge is 2.74. The first-order valence-electron chi connectivity index (χ1n) is 13.3. The first kappa shape index (κ1) is 28.9. The molecule has 8 nitrogen and oxygen atoms in total. The zero-order valence-electron chi connectivity index (χ0n) is 22.2. The minimum atomic E-state index is -4.44. The number of nitrogens with zero attached hydrogens (tertiary/aromatic N) is 5. The van der Waals surface area contributed by atoms with Crippen molar-refractivity contribution < 1.29 is 31.9 Å². The molecule has 2 saturated heterocycles. The quantitative estimate of drug-likeness (QED) is 0.450. The van der Waals surface area contributed by atoms with Gasteiger partial charge >= 0.3 is 17.9 Å². The highest BCUT2D eigenvalue weighted by molar-refractivity contribution is 6.30. The standard InChI is InChI=1S/C28H28ClF4N5O3/c1-36(26(40)41-23-12-27(30,31)28(23,32)33)22-16-37(15-20(22)18-6-8-19(29)9-7-18)25(39)21-4-2-3-11-38(21)24-10-5-17(13-34)14-35-24/h5-10,14,20-23H,2-4,11-12,15-16H2,1H3/t20-,21?,22+,23?/m0/s1. The van der Waals surface area contributed by atoms with E-state index >= 15 is 0 Å². The summed E-state index contributed by atoms with van der Waals surface area (Å²) in [5.41, 5.74) is 1.17. The van der Waals surface area contributed by atoms with Crippen molar-refractivity contribution in [3.05, 3.63) is 58.7 Å². The fourth-order valence-electron chi connectivity index (χ4n) is 5.75. The molecule has 0 spiro atoms. The minimum absolute atomic E-state index is 0.0834. The monoisotopic (exact) mass is 593 g/mol. The van der Waals surface area contributed by atoms with Crippen LogP contribution in [0.1, 0.15) is 42.7 Å². The van der Waals surface area contributed by atoms with E-state index in [1.165, 1.54) is 13.2 Å². The van der Waals surface area contributed by atoms with E-state index < -0.39 is 48.5 Å². The number of alkyl halides is 4. The number of carbonyl (C=O) groups is 2. The van der Waals surface area contributed by atoms with E-state index in [4.69, 9.17) is 21.6 Å². The highest BCUT2D eigenvalue weighted by Crippen LogP contribution is 2.52. The van der Waals surface area contributed by atoms with Gasteiger partial charge in [0.25, 0.3) is 0 Å². The minimum Gasteiger partial charge on any atom is -0.439 e. The lowest BCUT2D eigenvalue weighted by Gasteiger charge is -2.43. The molecule has 3 heterocycles. The average Bonchev–Trinajstić information content (AvgIpc) is 3.42. The van der Waals surface area contributed by atoms with Gasteiger partial charge in [-0.15, -0.1) is 0 Å². The van der Waals surface area contributed by atoms with Gasteiger partial charge in [0.2, 0.25) is 5.91 Å². The fraction of sp³-hybridized carbons (Fsp3) is 0.500. The summed E-state index contributed by atoms with van der Waals surface area (Å²) in [5.74, 6) is -8.69. The molecule has 4 atom stereocenters. The van der Waals surface area contributed by atoms with Gasteiger partial charge in [0.15, 0.2) is 6.10 Å². The lowest BCUT2D eigenvalue weighted by atomic mass is 9.85. The van der Waals surface area contributed by atoms with Crippen LogP contribution in [0.3, 0.4) is 0 Å². The second-order valence-corrected chi connectivity index (χ2v) is 11.1. The number of hydrogen-bond acceptors (Lipinski definition) is 6. The van der Waals surface area contributed by atoms with Gasteiger partial charge in [-0.25, -0.2) is 9.78 Å². The summed E-state index contributed by atoms with van der Waals surface area (Å²) in [5, 5.41) is 9.59. The van der Waals surface area contributed by atoms with Crippen LogP contribution >= 0.6 is 11.6 Å². The Bertz CT molecular complexity index is 1340. The summed E-state index contributed by atoms with van der Waals surface area (Å²) >= 11 is 6.06. The predicted octanol–water partition coefficient (Wildman–Crippen LogP) is 5.07. The van der Waals surface area contributed by atoms with Crippen LogP contribution in [-0.4, -0.2) is 83.5 Å². The number of halogens is 5.